The first kappa shape index (κ1) is 14.8. The normalized spacial score (nSPS) is 27.4. The lowest BCUT2D eigenvalue weighted by atomic mass is 9.89. The van der Waals surface area contributed by atoms with Crippen molar-refractivity contribution in [1.82, 2.24) is 10.2 Å². The molecule has 4 nitrogen and oxygen atoms in total. The van der Waals surface area contributed by atoms with Gasteiger partial charge in [-0.1, -0.05) is 19.3 Å². The van der Waals surface area contributed by atoms with Crippen molar-refractivity contribution in [3.05, 3.63) is 0 Å². The lowest BCUT2D eigenvalue weighted by Gasteiger charge is -2.26. The van der Waals surface area contributed by atoms with Crippen molar-refractivity contribution in [1.29, 1.82) is 0 Å². The maximum absolute atomic E-state index is 12.2. The highest BCUT2D eigenvalue weighted by molar-refractivity contribution is 5.81. The second-order valence-electron chi connectivity index (χ2n) is 6.26. The molecule has 1 aliphatic carbocycles. The topological polar surface area (TPSA) is 52.6 Å². The third-order valence-corrected chi connectivity index (χ3v) is 4.79. The molecule has 0 spiro atoms. The Balaban J connectivity index is 1.70. The van der Waals surface area contributed by atoms with Crippen LogP contribution in [0.15, 0.2) is 0 Å². The van der Waals surface area contributed by atoms with E-state index in [0.717, 1.165) is 26.1 Å². The van der Waals surface area contributed by atoms with E-state index in [1.165, 1.54) is 32.1 Å². The average Bonchev–Trinajstić information content (AvgIpc) is 2.94. The van der Waals surface area contributed by atoms with Gasteiger partial charge in [-0.05, 0) is 44.6 Å². The maximum atomic E-state index is 12.2. The van der Waals surface area contributed by atoms with E-state index in [1.807, 2.05) is 6.92 Å². The number of rotatable bonds is 5. The summed E-state index contributed by atoms with van der Waals surface area (Å²) in [7, 11) is 0. The summed E-state index contributed by atoms with van der Waals surface area (Å²) in [5.41, 5.74) is 0. The smallest absolute Gasteiger partial charge is 0.237 e. The number of nitrogens with one attached hydrogen (secondary N) is 1. The average molecular weight is 268 g/mol. The summed E-state index contributed by atoms with van der Waals surface area (Å²) in [6.07, 6.45) is 7.55. The molecule has 19 heavy (non-hydrogen) atoms. The van der Waals surface area contributed by atoms with Crippen molar-refractivity contribution >= 4 is 5.91 Å². The lowest BCUT2D eigenvalue weighted by molar-refractivity contribution is -0.125. The number of amides is 1. The van der Waals surface area contributed by atoms with Crippen molar-refractivity contribution in [2.24, 2.45) is 11.8 Å². The Hall–Kier alpha value is -0.610. The molecule has 2 unspecified atom stereocenters. The summed E-state index contributed by atoms with van der Waals surface area (Å²) in [4.78, 5) is 14.3. The molecule has 1 aliphatic heterocycles. The Kier molecular flexibility index (Phi) is 5.64. The van der Waals surface area contributed by atoms with Crippen LogP contribution in [0.3, 0.4) is 0 Å². The van der Waals surface area contributed by atoms with Crippen LogP contribution in [0.4, 0.5) is 0 Å². The van der Waals surface area contributed by atoms with Gasteiger partial charge in [0.25, 0.3) is 0 Å². The van der Waals surface area contributed by atoms with Gasteiger partial charge in [0, 0.05) is 19.7 Å². The third-order valence-electron chi connectivity index (χ3n) is 4.79. The first-order valence-corrected chi connectivity index (χ1v) is 7.83. The van der Waals surface area contributed by atoms with Gasteiger partial charge in [-0.2, -0.15) is 0 Å². The molecule has 2 fully saturated rings. The van der Waals surface area contributed by atoms with Crippen LogP contribution in [0, 0.1) is 11.8 Å². The SMILES string of the molecule is CC(C(=O)NCC1CCCCC1)N1CCC(CO)C1. The summed E-state index contributed by atoms with van der Waals surface area (Å²) in [5.74, 6) is 1.20. The first-order valence-electron chi connectivity index (χ1n) is 7.83. The van der Waals surface area contributed by atoms with Crippen molar-refractivity contribution in [2.75, 3.05) is 26.2 Å². The number of hydrogen-bond donors (Lipinski definition) is 2. The highest BCUT2D eigenvalue weighted by atomic mass is 16.3. The van der Waals surface area contributed by atoms with Gasteiger partial charge in [0.2, 0.25) is 5.91 Å². The fourth-order valence-corrected chi connectivity index (χ4v) is 3.31. The quantitative estimate of drug-likeness (QED) is 0.792. The van der Waals surface area contributed by atoms with Crippen LogP contribution in [-0.2, 0) is 4.79 Å². The number of hydrogen-bond acceptors (Lipinski definition) is 3. The summed E-state index contributed by atoms with van der Waals surface area (Å²) >= 11 is 0. The molecule has 2 aliphatic rings. The second-order valence-corrected chi connectivity index (χ2v) is 6.26. The molecule has 2 N–H and O–H groups in total. The Bertz CT molecular complexity index is 290. The van der Waals surface area contributed by atoms with Crippen molar-refractivity contribution in [3.8, 4) is 0 Å². The maximum Gasteiger partial charge on any atom is 0.237 e. The second kappa shape index (κ2) is 7.25. The van der Waals surface area contributed by atoms with E-state index in [-0.39, 0.29) is 18.6 Å². The molecule has 0 bridgehead atoms. The molecule has 2 atom stereocenters. The number of carbonyl (C=O) groups excluding carboxylic acids is 1. The summed E-state index contributed by atoms with van der Waals surface area (Å²) in [6.45, 7) is 4.86. The molecule has 0 aromatic carbocycles. The van der Waals surface area contributed by atoms with E-state index >= 15 is 0 Å². The van der Waals surface area contributed by atoms with Crippen LogP contribution in [-0.4, -0.2) is 48.2 Å². The van der Waals surface area contributed by atoms with Gasteiger partial charge in [-0.25, -0.2) is 0 Å². The molecule has 1 amide bonds. The molecule has 1 heterocycles. The largest absolute Gasteiger partial charge is 0.396 e. The molecular formula is C15H28N2O2. The van der Waals surface area contributed by atoms with E-state index in [4.69, 9.17) is 5.11 Å². The number of carbonyl (C=O) groups is 1. The van der Waals surface area contributed by atoms with E-state index in [2.05, 4.69) is 10.2 Å². The molecule has 0 radical (unpaired) electrons. The number of likely N-dealkylation sites (tertiary alicyclic amines) is 1. The number of aliphatic hydroxyl groups excluding tert-OH is 1. The number of aliphatic hydroxyl groups is 1. The fourth-order valence-electron chi connectivity index (χ4n) is 3.31. The monoisotopic (exact) mass is 268 g/mol. The van der Waals surface area contributed by atoms with Crippen LogP contribution in [0.5, 0.6) is 0 Å². The Morgan fingerprint density at radius 3 is 2.63 bits per heavy atom. The summed E-state index contributed by atoms with van der Waals surface area (Å²) < 4.78 is 0. The van der Waals surface area contributed by atoms with Gasteiger partial charge >= 0.3 is 0 Å². The molecule has 4 heteroatoms. The third kappa shape index (κ3) is 4.18. The van der Waals surface area contributed by atoms with Crippen LogP contribution < -0.4 is 5.32 Å². The van der Waals surface area contributed by atoms with Gasteiger partial charge in [0.05, 0.1) is 6.04 Å². The van der Waals surface area contributed by atoms with E-state index in [0.29, 0.717) is 11.8 Å². The zero-order chi connectivity index (χ0) is 13.7. The van der Waals surface area contributed by atoms with Gasteiger partial charge in [0.15, 0.2) is 0 Å². The van der Waals surface area contributed by atoms with E-state index in [1.54, 1.807) is 0 Å². The Morgan fingerprint density at radius 2 is 2.00 bits per heavy atom. The van der Waals surface area contributed by atoms with Gasteiger partial charge in [0.1, 0.15) is 0 Å². The highest BCUT2D eigenvalue weighted by Gasteiger charge is 2.29. The van der Waals surface area contributed by atoms with E-state index in [9.17, 15) is 4.79 Å². The number of nitrogens with zero attached hydrogens (tertiary/aromatic N) is 1. The predicted octanol–water partition coefficient (Wildman–Crippen LogP) is 1.39. The van der Waals surface area contributed by atoms with Gasteiger partial charge < -0.3 is 10.4 Å². The molecule has 2 rings (SSSR count). The van der Waals surface area contributed by atoms with Crippen molar-refractivity contribution < 1.29 is 9.90 Å². The molecule has 1 saturated heterocycles. The summed E-state index contributed by atoms with van der Waals surface area (Å²) in [6, 6.07) is -0.0554. The Morgan fingerprint density at radius 1 is 1.26 bits per heavy atom. The lowest BCUT2D eigenvalue weighted by Crippen LogP contribution is -2.45. The first-order chi connectivity index (χ1) is 9.20. The fraction of sp³-hybridized carbons (Fsp3) is 0.933. The minimum atomic E-state index is -0.0554. The Labute approximate surface area is 116 Å². The molecule has 0 aromatic rings. The molecule has 1 saturated carbocycles. The van der Waals surface area contributed by atoms with Gasteiger partial charge in [-0.3, -0.25) is 9.69 Å². The van der Waals surface area contributed by atoms with Crippen LogP contribution in [0.25, 0.3) is 0 Å². The molecular weight excluding hydrogens is 240 g/mol. The van der Waals surface area contributed by atoms with Crippen LogP contribution >= 0.6 is 0 Å². The minimum absolute atomic E-state index is 0.0554. The van der Waals surface area contributed by atoms with Crippen molar-refractivity contribution in [3.63, 3.8) is 0 Å². The predicted molar refractivity (Wildman–Crippen MR) is 75.8 cm³/mol. The summed E-state index contributed by atoms with van der Waals surface area (Å²) in [5, 5.41) is 12.3. The van der Waals surface area contributed by atoms with Crippen molar-refractivity contribution in [2.45, 2.75) is 51.5 Å². The zero-order valence-electron chi connectivity index (χ0n) is 12.1. The molecule has 110 valence electrons. The zero-order valence-corrected chi connectivity index (χ0v) is 12.1. The molecule has 0 aromatic heterocycles. The van der Waals surface area contributed by atoms with Crippen LogP contribution in [0.1, 0.15) is 45.4 Å². The highest BCUT2D eigenvalue weighted by Crippen LogP contribution is 2.23. The van der Waals surface area contributed by atoms with Crippen LogP contribution in [0.2, 0.25) is 0 Å². The van der Waals surface area contributed by atoms with Gasteiger partial charge in [-0.15, -0.1) is 0 Å². The van der Waals surface area contributed by atoms with E-state index < -0.39 is 0 Å². The minimum Gasteiger partial charge on any atom is -0.396 e. The standard InChI is InChI=1S/C15H28N2O2/c1-12(17-8-7-14(10-17)11-18)15(19)16-9-13-5-3-2-4-6-13/h12-14,18H,2-11H2,1H3,(H,16,19).